The van der Waals surface area contributed by atoms with Crippen molar-refractivity contribution in [2.24, 2.45) is 5.92 Å². The zero-order valence-electron chi connectivity index (χ0n) is 15.5. The van der Waals surface area contributed by atoms with Crippen LogP contribution >= 0.6 is 0 Å². The molecule has 2 amide bonds. The van der Waals surface area contributed by atoms with E-state index < -0.39 is 5.54 Å². The molecule has 2 aliphatic rings. The van der Waals surface area contributed by atoms with E-state index >= 15 is 0 Å². The van der Waals surface area contributed by atoms with Crippen molar-refractivity contribution < 1.29 is 14.3 Å². The first-order valence-corrected chi connectivity index (χ1v) is 9.32. The standard InChI is InChI=1S/C18H33N3O3/c1-15(2)6-8-19-17(23)18(3)7-5-16(22)21(18)10-4-9-20-11-13-24-14-12-20/h15H,4-14H2,1-3H3,(H,19,23). The lowest BCUT2D eigenvalue weighted by Crippen LogP contribution is -2.55. The smallest absolute Gasteiger partial charge is 0.245 e. The van der Waals surface area contributed by atoms with E-state index in [1.165, 1.54) is 0 Å². The summed E-state index contributed by atoms with van der Waals surface area (Å²) in [7, 11) is 0. The van der Waals surface area contributed by atoms with Crippen molar-refractivity contribution in [3.63, 3.8) is 0 Å². The zero-order valence-corrected chi connectivity index (χ0v) is 15.5. The van der Waals surface area contributed by atoms with Crippen LogP contribution < -0.4 is 5.32 Å². The highest BCUT2D eigenvalue weighted by Crippen LogP contribution is 2.30. The molecule has 1 N–H and O–H groups in total. The van der Waals surface area contributed by atoms with E-state index in [0.717, 1.165) is 45.7 Å². The molecule has 1 atom stereocenters. The number of morpholine rings is 1. The summed E-state index contributed by atoms with van der Waals surface area (Å²) in [4.78, 5) is 29.1. The van der Waals surface area contributed by atoms with E-state index in [0.29, 0.717) is 31.8 Å². The summed E-state index contributed by atoms with van der Waals surface area (Å²) in [5.41, 5.74) is -0.681. The molecule has 0 aromatic carbocycles. The lowest BCUT2D eigenvalue weighted by Gasteiger charge is -2.35. The number of ether oxygens (including phenoxy) is 1. The fourth-order valence-electron chi connectivity index (χ4n) is 3.45. The molecular weight excluding hydrogens is 306 g/mol. The van der Waals surface area contributed by atoms with Gasteiger partial charge in [-0.05, 0) is 32.1 Å². The topological polar surface area (TPSA) is 61.9 Å². The zero-order chi connectivity index (χ0) is 17.6. The van der Waals surface area contributed by atoms with E-state index in [1.807, 2.05) is 6.92 Å². The Morgan fingerprint density at radius 3 is 2.67 bits per heavy atom. The molecule has 1 unspecified atom stereocenters. The van der Waals surface area contributed by atoms with Crippen molar-refractivity contribution in [2.45, 2.75) is 52.0 Å². The van der Waals surface area contributed by atoms with Gasteiger partial charge in [0.2, 0.25) is 11.8 Å². The van der Waals surface area contributed by atoms with Gasteiger partial charge in [-0.1, -0.05) is 13.8 Å². The second-order valence-electron chi connectivity index (χ2n) is 7.57. The Hall–Kier alpha value is -1.14. The van der Waals surface area contributed by atoms with Gasteiger partial charge in [-0.25, -0.2) is 0 Å². The fraction of sp³-hybridized carbons (Fsp3) is 0.889. The van der Waals surface area contributed by atoms with Crippen molar-refractivity contribution in [3.8, 4) is 0 Å². The highest BCUT2D eigenvalue weighted by Gasteiger charge is 2.46. The van der Waals surface area contributed by atoms with Crippen molar-refractivity contribution in [2.75, 3.05) is 45.9 Å². The third kappa shape index (κ3) is 4.93. The molecule has 0 spiro atoms. The summed E-state index contributed by atoms with van der Waals surface area (Å²) < 4.78 is 5.36. The summed E-state index contributed by atoms with van der Waals surface area (Å²) in [5.74, 6) is 0.673. The Labute approximate surface area is 145 Å². The van der Waals surface area contributed by atoms with Gasteiger partial charge in [-0.15, -0.1) is 0 Å². The number of nitrogens with zero attached hydrogens (tertiary/aromatic N) is 2. The van der Waals surface area contributed by atoms with Gasteiger partial charge in [0.05, 0.1) is 13.2 Å². The van der Waals surface area contributed by atoms with Gasteiger partial charge >= 0.3 is 0 Å². The second-order valence-corrected chi connectivity index (χ2v) is 7.57. The molecule has 138 valence electrons. The van der Waals surface area contributed by atoms with Gasteiger partial charge in [0.25, 0.3) is 0 Å². The molecular formula is C18H33N3O3. The first-order chi connectivity index (χ1) is 11.4. The van der Waals surface area contributed by atoms with Gasteiger partial charge < -0.3 is 15.0 Å². The number of amides is 2. The normalized spacial score (nSPS) is 25.5. The molecule has 6 heteroatoms. The van der Waals surface area contributed by atoms with E-state index in [4.69, 9.17) is 4.74 Å². The Morgan fingerprint density at radius 2 is 2.00 bits per heavy atom. The summed E-state index contributed by atoms with van der Waals surface area (Å²) in [6.45, 7) is 12.0. The van der Waals surface area contributed by atoms with Crippen LogP contribution in [0.2, 0.25) is 0 Å². The molecule has 2 fully saturated rings. The Kier molecular flexibility index (Phi) is 7.04. The van der Waals surface area contributed by atoms with Gasteiger partial charge in [0.1, 0.15) is 5.54 Å². The Bertz CT molecular complexity index is 435. The number of carbonyl (C=O) groups is 2. The van der Waals surface area contributed by atoms with Crippen LogP contribution in [0.1, 0.15) is 46.5 Å². The van der Waals surface area contributed by atoms with E-state index in [-0.39, 0.29) is 11.8 Å². The maximum absolute atomic E-state index is 12.6. The second kappa shape index (κ2) is 8.81. The van der Waals surface area contributed by atoms with Crippen LogP contribution in [0.3, 0.4) is 0 Å². The van der Waals surface area contributed by atoms with Crippen LogP contribution in [0.25, 0.3) is 0 Å². The average Bonchev–Trinajstić information content (AvgIpc) is 2.85. The molecule has 0 radical (unpaired) electrons. The van der Waals surface area contributed by atoms with Crippen LogP contribution in [-0.4, -0.2) is 73.1 Å². The number of likely N-dealkylation sites (tertiary alicyclic amines) is 1. The minimum absolute atomic E-state index is 0.000345. The average molecular weight is 339 g/mol. The molecule has 0 saturated carbocycles. The molecule has 6 nitrogen and oxygen atoms in total. The fourth-order valence-corrected chi connectivity index (χ4v) is 3.45. The van der Waals surface area contributed by atoms with E-state index in [9.17, 15) is 9.59 Å². The van der Waals surface area contributed by atoms with Gasteiger partial charge in [0.15, 0.2) is 0 Å². The van der Waals surface area contributed by atoms with Crippen LogP contribution in [0.4, 0.5) is 0 Å². The van der Waals surface area contributed by atoms with Crippen LogP contribution in [0.15, 0.2) is 0 Å². The largest absolute Gasteiger partial charge is 0.379 e. The van der Waals surface area contributed by atoms with E-state index in [1.54, 1.807) is 4.90 Å². The van der Waals surface area contributed by atoms with Crippen LogP contribution in [0.5, 0.6) is 0 Å². The molecule has 2 rings (SSSR count). The SMILES string of the molecule is CC(C)CCNC(=O)C1(C)CCC(=O)N1CCCN1CCOCC1. The Balaban J connectivity index is 1.83. The monoisotopic (exact) mass is 339 g/mol. The van der Waals surface area contributed by atoms with Gasteiger partial charge in [-0.2, -0.15) is 0 Å². The first-order valence-electron chi connectivity index (χ1n) is 9.32. The quantitative estimate of drug-likeness (QED) is 0.723. The van der Waals surface area contributed by atoms with Crippen molar-refractivity contribution in [1.29, 1.82) is 0 Å². The molecule has 0 bridgehead atoms. The summed E-state index contributed by atoms with van der Waals surface area (Å²) in [6, 6.07) is 0. The Morgan fingerprint density at radius 1 is 1.29 bits per heavy atom. The maximum Gasteiger partial charge on any atom is 0.245 e. The number of hydrogen-bond donors (Lipinski definition) is 1. The summed E-state index contributed by atoms with van der Waals surface area (Å²) in [6.07, 6.45) is 2.97. The molecule has 24 heavy (non-hydrogen) atoms. The minimum Gasteiger partial charge on any atom is -0.379 e. The number of rotatable bonds is 8. The van der Waals surface area contributed by atoms with Crippen molar-refractivity contribution >= 4 is 11.8 Å². The predicted octanol–water partition coefficient (Wildman–Crippen LogP) is 1.25. The number of nitrogens with one attached hydrogen (secondary N) is 1. The lowest BCUT2D eigenvalue weighted by atomic mass is 9.97. The van der Waals surface area contributed by atoms with E-state index in [2.05, 4.69) is 24.1 Å². The van der Waals surface area contributed by atoms with Crippen molar-refractivity contribution in [1.82, 2.24) is 15.1 Å². The van der Waals surface area contributed by atoms with Crippen LogP contribution in [-0.2, 0) is 14.3 Å². The van der Waals surface area contributed by atoms with Crippen LogP contribution in [0, 0.1) is 5.92 Å². The van der Waals surface area contributed by atoms with Gasteiger partial charge in [0, 0.05) is 39.1 Å². The number of carbonyl (C=O) groups excluding carboxylic acids is 2. The maximum atomic E-state index is 12.6. The molecule has 0 aromatic heterocycles. The third-order valence-corrected chi connectivity index (χ3v) is 5.18. The highest BCUT2D eigenvalue weighted by atomic mass is 16.5. The minimum atomic E-state index is -0.681. The number of hydrogen-bond acceptors (Lipinski definition) is 4. The third-order valence-electron chi connectivity index (χ3n) is 5.18. The molecule has 0 aromatic rings. The molecule has 0 aliphatic carbocycles. The lowest BCUT2D eigenvalue weighted by molar-refractivity contribution is -0.140. The first kappa shape index (κ1) is 19.2. The highest BCUT2D eigenvalue weighted by molar-refractivity contribution is 5.94. The molecule has 2 aliphatic heterocycles. The predicted molar refractivity (Wildman–Crippen MR) is 93.7 cm³/mol. The molecule has 2 saturated heterocycles. The summed E-state index contributed by atoms with van der Waals surface area (Å²) in [5, 5.41) is 3.03. The van der Waals surface area contributed by atoms with Crippen molar-refractivity contribution in [3.05, 3.63) is 0 Å². The molecule has 2 heterocycles. The van der Waals surface area contributed by atoms with Gasteiger partial charge in [-0.3, -0.25) is 14.5 Å². The summed E-state index contributed by atoms with van der Waals surface area (Å²) >= 11 is 0.